The fraction of sp³-hybridized carbons (Fsp3) is 1.00. The standard InChI is InChI=1S/C27H43NO8/c1-14-4-7-18-22(3,31)26(34)17(12-28(18)11-14)24(33)13-25-16(23(24,32)10-20(26)30)6-5-15-21(25,2)9-8-19(29)27(15,35)36-25/h14-20,29-35H,4-13H2,1-3H3/t14-,15-,16-,17-,18-,19+,20-,21-,22+,23+,24+,25+,26-,27+/m0/s1. The van der Waals surface area contributed by atoms with E-state index in [0.29, 0.717) is 44.6 Å². The van der Waals surface area contributed by atoms with Crippen molar-refractivity contribution in [3.63, 3.8) is 0 Å². The SMILES string of the molecule is C[C@H]1CC[C@@H]2N(C1)C[C@@H]1[C@](O)([C@@H](O)C[C@@]3(O)[C@@H]4CC[C@@H]5[C@@]6(O)O[C@@]4(C[C@@]13O)[C@@]5(C)CC[C@H]6O)[C@]2(C)O. The predicted molar refractivity (Wildman–Crippen MR) is 126 cm³/mol. The molecular formula is C27H43NO8. The first-order chi connectivity index (χ1) is 16.6. The molecule has 0 aromatic carbocycles. The van der Waals surface area contributed by atoms with E-state index < -0.39 is 63.3 Å². The van der Waals surface area contributed by atoms with Crippen molar-refractivity contribution in [3.8, 4) is 0 Å². The van der Waals surface area contributed by atoms with E-state index in [-0.39, 0.29) is 31.3 Å². The molecule has 9 nitrogen and oxygen atoms in total. The van der Waals surface area contributed by atoms with Crippen molar-refractivity contribution in [2.24, 2.45) is 29.1 Å². The Morgan fingerprint density at radius 3 is 2.19 bits per heavy atom. The van der Waals surface area contributed by atoms with E-state index in [9.17, 15) is 35.7 Å². The van der Waals surface area contributed by atoms with Gasteiger partial charge in [-0.25, -0.2) is 0 Å². The van der Waals surface area contributed by atoms with Crippen LogP contribution in [-0.2, 0) is 4.74 Å². The third-order valence-corrected chi connectivity index (χ3v) is 13.1. The smallest absolute Gasteiger partial charge is 0.196 e. The van der Waals surface area contributed by atoms with Gasteiger partial charge in [0, 0.05) is 55.1 Å². The molecule has 4 bridgehead atoms. The number of piperidine rings is 2. The Bertz CT molecular complexity index is 995. The lowest BCUT2D eigenvalue weighted by Gasteiger charge is -2.68. The number of nitrogens with zero attached hydrogens (tertiary/aromatic N) is 1. The van der Waals surface area contributed by atoms with Crippen molar-refractivity contribution in [1.29, 1.82) is 0 Å². The van der Waals surface area contributed by atoms with Crippen LogP contribution in [0, 0.1) is 29.1 Å². The number of fused-ring (bicyclic) bond motifs is 5. The highest BCUT2D eigenvalue weighted by Crippen LogP contribution is 2.78. The van der Waals surface area contributed by atoms with Crippen LogP contribution < -0.4 is 0 Å². The summed E-state index contributed by atoms with van der Waals surface area (Å²) >= 11 is 0. The largest absolute Gasteiger partial charge is 0.390 e. The Hall–Kier alpha value is -0.360. The molecule has 36 heavy (non-hydrogen) atoms. The average molecular weight is 510 g/mol. The number of rotatable bonds is 0. The van der Waals surface area contributed by atoms with Gasteiger partial charge < -0.3 is 40.5 Å². The van der Waals surface area contributed by atoms with Crippen LogP contribution in [0.4, 0.5) is 0 Å². The van der Waals surface area contributed by atoms with Crippen molar-refractivity contribution < 1.29 is 40.5 Å². The van der Waals surface area contributed by atoms with Crippen LogP contribution in [-0.4, -0.2) is 106 Å². The first-order valence-electron chi connectivity index (χ1n) is 14.0. The lowest BCUT2D eigenvalue weighted by atomic mass is 9.49. The Morgan fingerprint density at radius 2 is 1.47 bits per heavy atom. The summed E-state index contributed by atoms with van der Waals surface area (Å²) in [6.45, 7) is 6.70. The molecule has 1 spiro atoms. The van der Waals surface area contributed by atoms with E-state index >= 15 is 0 Å². The predicted octanol–water partition coefficient (Wildman–Crippen LogP) is -0.526. The van der Waals surface area contributed by atoms with Gasteiger partial charge in [0.05, 0.1) is 11.7 Å². The number of aliphatic hydroxyl groups excluding tert-OH is 2. The fourth-order valence-corrected chi connectivity index (χ4v) is 11.3. The second-order valence-corrected chi connectivity index (χ2v) is 14.3. The van der Waals surface area contributed by atoms with Crippen LogP contribution in [0.2, 0.25) is 0 Å². The molecule has 0 amide bonds. The molecule has 7 rings (SSSR count). The van der Waals surface area contributed by atoms with Crippen LogP contribution in [0.1, 0.15) is 72.1 Å². The molecule has 3 aliphatic heterocycles. The highest BCUT2D eigenvalue weighted by Gasteiger charge is 2.88. The minimum atomic E-state index is -2.02. The van der Waals surface area contributed by atoms with Crippen LogP contribution in [0.15, 0.2) is 0 Å². The van der Waals surface area contributed by atoms with Crippen molar-refractivity contribution in [3.05, 3.63) is 0 Å². The number of hydrogen-bond donors (Lipinski definition) is 7. The fourth-order valence-electron chi connectivity index (χ4n) is 11.3. The summed E-state index contributed by atoms with van der Waals surface area (Å²) in [6, 6.07) is -0.360. The van der Waals surface area contributed by atoms with Gasteiger partial charge in [-0.1, -0.05) is 13.8 Å². The summed E-state index contributed by atoms with van der Waals surface area (Å²) in [4.78, 5) is 2.12. The maximum absolute atomic E-state index is 12.7. The maximum atomic E-state index is 12.7. The summed E-state index contributed by atoms with van der Waals surface area (Å²) < 4.78 is 6.52. The quantitative estimate of drug-likeness (QED) is 0.228. The molecule has 0 aromatic heterocycles. The molecule has 3 heterocycles. The summed E-state index contributed by atoms with van der Waals surface area (Å²) in [5.41, 5.74) is -9.07. The van der Waals surface area contributed by atoms with E-state index in [4.69, 9.17) is 4.74 Å². The third-order valence-electron chi connectivity index (χ3n) is 13.1. The second-order valence-electron chi connectivity index (χ2n) is 14.3. The van der Waals surface area contributed by atoms with Crippen LogP contribution >= 0.6 is 0 Å². The second kappa shape index (κ2) is 6.67. The summed E-state index contributed by atoms with van der Waals surface area (Å²) in [6.07, 6.45) is 0.752. The summed E-state index contributed by atoms with van der Waals surface area (Å²) in [7, 11) is 0. The Kier molecular flexibility index (Phi) is 4.57. The average Bonchev–Trinajstić information content (AvgIpc) is 2.97. The molecule has 4 saturated carbocycles. The van der Waals surface area contributed by atoms with Gasteiger partial charge in [-0.05, 0) is 51.4 Å². The zero-order valence-electron chi connectivity index (χ0n) is 21.6. The van der Waals surface area contributed by atoms with Crippen molar-refractivity contribution in [2.45, 2.75) is 124 Å². The minimum Gasteiger partial charge on any atom is -0.390 e. The Balaban J connectivity index is 1.39. The van der Waals surface area contributed by atoms with Crippen LogP contribution in [0.3, 0.4) is 0 Å². The monoisotopic (exact) mass is 509 g/mol. The molecule has 7 aliphatic rings. The van der Waals surface area contributed by atoms with Crippen molar-refractivity contribution in [1.82, 2.24) is 4.90 Å². The zero-order valence-corrected chi connectivity index (χ0v) is 21.6. The molecule has 4 aliphatic carbocycles. The summed E-state index contributed by atoms with van der Waals surface area (Å²) in [5.74, 6) is -3.30. The van der Waals surface area contributed by atoms with Crippen molar-refractivity contribution in [2.75, 3.05) is 13.1 Å². The molecule has 9 heteroatoms. The van der Waals surface area contributed by atoms with Gasteiger partial charge in [0.25, 0.3) is 0 Å². The molecule has 0 unspecified atom stereocenters. The Morgan fingerprint density at radius 1 is 0.778 bits per heavy atom. The molecular weight excluding hydrogens is 466 g/mol. The molecule has 0 radical (unpaired) electrons. The van der Waals surface area contributed by atoms with Gasteiger partial charge in [-0.15, -0.1) is 0 Å². The topological polar surface area (TPSA) is 154 Å². The highest BCUT2D eigenvalue weighted by atomic mass is 16.7. The number of hydrogen-bond acceptors (Lipinski definition) is 9. The molecule has 3 saturated heterocycles. The normalized spacial score (nSPS) is 68.0. The van der Waals surface area contributed by atoms with E-state index in [0.717, 1.165) is 6.42 Å². The molecule has 0 aromatic rings. The molecule has 7 fully saturated rings. The lowest BCUT2D eigenvalue weighted by Crippen LogP contribution is -2.85. The number of aliphatic hydroxyl groups is 7. The van der Waals surface area contributed by atoms with Gasteiger partial charge in [0.15, 0.2) is 5.79 Å². The van der Waals surface area contributed by atoms with E-state index in [1.54, 1.807) is 6.92 Å². The van der Waals surface area contributed by atoms with E-state index in [1.807, 2.05) is 6.92 Å². The first kappa shape index (κ1) is 24.7. The lowest BCUT2D eigenvalue weighted by molar-refractivity contribution is -0.354. The van der Waals surface area contributed by atoms with Gasteiger partial charge in [0.2, 0.25) is 0 Å². The summed E-state index contributed by atoms with van der Waals surface area (Å²) in [5, 5.41) is 83.2. The first-order valence-corrected chi connectivity index (χ1v) is 14.0. The Labute approximate surface area is 212 Å². The zero-order chi connectivity index (χ0) is 25.9. The molecule has 204 valence electrons. The van der Waals surface area contributed by atoms with Gasteiger partial charge in [-0.3, -0.25) is 4.90 Å². The van der Waals surface area contributed by atoms with Gasteiger partial charge in [0.1, 0.15) is 28.5 Å². The van der Waals surface area contributed by atoms with Crippen LogP contribution in [0.5, 0.6) is 0 Å². The van der Waals surface area contributed by atoms with Gasteiger partial charge in [-0.2, -0.15) is 0 Å². The maximum Gasteiger partial charge on any atom is 0.196 e. The highest BCUT2D eigenvalue weighted by molar-refractivity contribution is 5.37. The van der Waals surface area contributed by atoms with Crippen molar-refractivity contribution >= 4 is 0 Å². The minimum absolute atomic E-state index is 0.0208. The van der Waals surface area contributed by atoms with Crippen LogP contribution in [0.25, 0.3) is 0 Å². The third kappa shape index (κ3) is 2.27. The van der Waals surface area contributed by atoms with Gasteiger partial charge >= 0.3 is 0 Å². The molecule has 7 N–H and O–H groups in total. The number of ether oxygens (including phenoxy) is 1. The van der Waals surface area contributed by atoms with E-state index in [1.165, 1.54) is 0 Å². The molecule has 14 atom stereocenters. The van der Waals surface area contributed by atoms with E-state index in [2.05, 4.69) is 11.8 Å².